The molecule has 6 nitrogen and oxygen atoms in total. The zero-order chi connectivity index (χ0) is 19.5. The SMILES string of the molecule is CCCc1nc2c(c(=O)[nH]1)CN(Cc1cnc(-c3ccccc3OC)s1)CC2. The third-order valence-electron chi connectivity index (χ3n) is 4.95. The van der Waals surface area contributed by atoms with Crippen LogP contribution in [0, 0.1) is 0 Å². The van der Waals surface area contributed by atoms with Gasteiger partial charge in [0, 0.05) is 43.5 Å². The Morgan fingerprint density at radius 2 is 2.18 bits per heavy atom. The number of nitrogens with one attached hydrogen (secondary N) is 1. The molecule has 0 saturated heterocycles. The summed E-state index contributed by atoms with van der Waals surface area (Å²) >= 11 is 1.67. The van der Waals surface area contributed by atoms with Gasteiger partial charge >= 0.3 is 0 Å². The van der Waals surface area contributed by atoms with Gasteiger partial charge in [-0.3, -0.25) is 9.69 Å². The molecule has 0 fully saturated rings. The molecular formula is C21H24N4O2S. The van der Waals surface area contributed by atoms with Crippen molar-refractivity contribution in [3.05, 3.63) is 62.8 Å². The highest BCUT2D eigenvalue weighted by molar-refractivity contribution is 7.15. The van der Waals surface area contributed by atoms with Gasteiger partial charge in [-0.2, -0.15) is 0 Å². The van der Waals surface area contributed by atoms with Crippen LogP contribution in [0.25, 0.3) is 10.6 Å². The van der Waals surface area contributed by atoms with Crippen LogP contribution in [0.1, 0.15) is 35.3 Å². The van der Waals surface area contributed by atoms with Crippen LogP contribution < -0.4 is 10.3 Å². The van der Waals surface area contributed by atoms with Crippen molar-refractivity contribution < 1.29 is 4.74 Å². The first-order chi connectivity index (χ1) is 13.7. The highest BCUT2D eigenvalue weighted by atomic mass is 32.1. The van der Waals surface area contributed by atoms with Crippen molar-refractivity contribution in [1.82, 2.24) is 19.9 Å². The van der Waals surface area contributed by atoms with Crippen molar-refractivity contribution in [2.75, 3.05) is 13.7 Å². The summed E-state index contributed by atoms with van der Waals surface area (Å²) in [6.45, 7) is 4.40. The maximum absolute atomic E-state index is 12.5. The summed E-state index contributed by atoms with van der Waals surface area (Å²) in [6.07, 6.45) is 4.54. The number of H-pyrrole nitrogens is 1. The van der Waals surface area contributed by atoms with Crippen LogP contribution in [0.15, 0.2) is 35.3 Å². The molecule has 1 aromatic carbocycles. The first-order valence-electron chi connectivity index (χ1n) is 9.59. The van der Waals surface area contributed by atoms with Crippen molar-refractivity contribution >= 4 is 11.3 Å². The predicted octanol–water partition coefficient (Wildman–Crippen LogP) is 3.41. The number of aromatic nitrogens is 3. The van der Waals surface area contributed by atoms with Crippen molar-refractivity contribution in [3.63, 3.8) is 0 Å². The second kappa shape index (κ2) is 8.24. The standard InChI is InChI=1S/C21H24N4O2S/c1-3-6-19-23-17-9-10-25(13-16(17)20(26)24-19)12-14-11-22-21(28-14)15-7-4-5-8-18(15)27-2/h4-5,7-8,11H,3,6,9-10,12-13H2,1-2H3,(H,23,24,26). The molecule has 0 radical (unpaired) electrons. The van der Waals surface area contributed by atoms with E-state index in [0.29, 0.717) is 6.54 Å². The molecule has 0 atom stereocenters. The van der Waals surface area contributed by atoms with Gasteiger partial charge in [-0.1, -0.05) is 19.1 Å². The van der Waals surface area contributed by atoms with E-state index >= 15 is 0 Å². The Balaban J connectivity index is 1.50. The number of benzene rings is 1. The van der Waals surface area contributed by atoms with E-state index in [0.717, 1.165) is 65.8 Å². The number of thiazole rings is 1. The number of hydrogen-bond donors (Lipinski definition) is 1. The Kier molecular flexibility index (Phi) is 5.54. The quantitative estimate of drug-likeness (QED) is 0.691. The minimum absolute atomic E-state index is 0.0113. The van der Waals surface area contributed by atoms with Crippen LogP contribution in [0.4, 0.5) is 0 Å². The van der Waals surface area contributed by atoms with Crippen LogP contribution in [0.3, 0.4) is 0 Å². The molecule has 1 aliphatic heterocycles. The lowest BCUT2D eigenvalue weighted by Crippen LogP contribution is -2.35. The van der Waals surface area contributed by atoms with Crippen molar-refractivity contribution in [2.24, 2.45) is 0 Å². The van der Waals surface area contributed by atoms with Gasteiger partial charge in [-0.05, 0) is 18.6 Å². The summed E-state index contributed by atoms with van der Waals surface area (Å²) in [7, 11) is 1.68. The lowest BCUT2D eigenvalue weighted by Gasteiger charge is -2.27. The lowest BCUT2D eigenvalue weighted by molar-refractivity contribution is 0.243. The van der Waals surface area contributed by atoms with Gasteiger partial charge < -0.3 is 9.72 Å². The van der Waals surface area contributed by atoms with Crippen molar-refractivity contribution in [2.45, 2.75) is 39.3 Å². The molecule has 0 amide bonds. The highest BCUT2D eigenvalue weighted by Gasteiger charge is 2.22. The van der Waals surface area contributed by atoms with Gasteiger partial charge in [0.1, 0.15) is 16.6 Å². The monoisotopic (exact) mass is 396 g/mol. The number of ether oxygens (including phenoxy) is 1. The molecule has 0 spiro atoms. The van der Waals surface area contributed by atoms with Crippen LogP contribution in [-0.2, 0) is 25.9 Å². The maximum atomic E-state index is 12.5. The minimum atomic E-state index is 0.0113. The van der Waals surface area contributed by atoms with Crippen molar-refractivity contribution in [3.8, 4) is 16.3 Å². The third-order valence-corrected chi connectivity index (χ3v) is 5.97. The molecule has 28 heavy (non-hydrogen) atoms. The molecule has 0 saturated carbocycles. The average Bonchev–Trinajstić information content (AvgIpc) is 3.17. The molecule has 7 heteroatoms. The van der Waals surface area contributed by atoms with Gasteiger partial charge in [-0.25, -0.2) is 9.97 Å². The van der Waals surface area contributed by atoms with E-state index < -0.39 is 0 Å². The van der Waals surface area contributed by atoms with E-state index in [2.05, 4.69) is 26.8 Å². The second-order valence-electron chi connectivity index (χ2n) is 6.98. The fourth-order valence-corrected chi connectivity index (χ4v) is 4.55. The molecule has 0 bridgehead atoms. The Bertz CT molecular complexity index is 1030. The van der Waals surface area contributed by atoms with E-state index in [9.17, 15) is 4.79 Å². The van der Waals surface area contributed by atoms with E-state index in [4.69, 9.17) is 4.74 Å². The molecule has 4 rings (SSSR count). The normalized spacial score (nSPS) is 14.1. The summed E-state index contributed by atoms with van der Waals surface area (Å²) in [5.41, 5.74) is 2.79. The first-order valence-corrected chi connectivity index (χ1v) is 10.4. The zero-order valence-electron chi connectivity index (χ0n) is 16.2. The molecule has 3 aromatic rings. The van der Waals surface area contributed by atoms with E-state index in [1.54, 1.807) is 18.4 Å². The summed E-state index contributed by atoms with van der Waals surface area (Å²) in [5.74, 6) is 1.64. The first kappa shape index (κ1) is 18.8. The number of aromatic amines is 1. The van der Waals surface area contributed by atoms with E-state index in [1.165, 1.54) is 4.88 Å². The van der Waals surface area contributed by atoms with E-state index in [-0.39, 0.29) is 5.56 Å². The average molecular weight is 397 g/mol. The summed E-state index contributed by atoms with van der Waals surface area (Å²) in [4.78, 5) is 28.1. The maximum Gasteiger partial charge on any atom is 0.255 e. The van der Waals surface area contributed by atoms with Gasteiger partial charge in [0.2, 0.25) is 0 Å². The summed E-state index contributed by atoms with van der Waals surface area (Å²) in [6, 6.07) is 7.92. The van der Waals surface area contributed by atoms with Gasteiger partial charge in [-0.15, -0.1) is 11.3 Å². The molecule has 0 unspecified atom stereocenters. The molecular weight excluding hydrogens is 372 g/mol. The fourth-order valence-electron chi connectivity index (χ4n) is 3.57. The van der Waals surface area contributed by atoms with Crippen LogP contribution in [0.5, 0.6) is 5.75 Å². The highest BCUT2D eigenvalue weighted by Crippen LogP contribution is 2.33. The van der Waals surface area contributed by atoms with Gasteiger partial charge in [0.15, 0.2) is 0 Å². The van der Waals surface area contributed by atoms with Gasteiger partial charge in [0.05, 0.1) is 23.9 Å². The molecule has 2 aromatic heterocycles. The number of nitrogens with zero attached hydrogens (tertiary/aromatic N) is 3. The van der Waals surface area contributed by atoms with E-state index in [1.807, 2.05) is 30.5 Å². The number of hydrogen-bond acceptors (Lipinski definition) is 6. The lowest BCUT2D eigenvalue weighted by atomic mass is 10.1. The molecule has 1 N–H and O–H groups in total. The van der Waals surface area contributed by atoms with Crippen LogP contribution in [0.2, 0.25) is 0 Å². The number of fused-ring (bicyclic) bond motifs is 1. The Labute approximate surface area is 168 Å². The summed E-state index contributed by atoms with van der Waals surface area (Å²) < 4.78 is 5.45. The number of methoxy groups -OCH3 is 1. The molecule has 1 aliphatic rings. The molecule has 0 aliphatic carbocycles. The number of aryl methyl sites for hydroxylation is 1. The second-order valence-corrected chi connectivity index (χ2v) is 8.10. The topological polar surface area (TPSA) is 71.1 Å². The number of para-hydroxylation sites is 1. The van der Waals surface area contributed by atoms with Crippen LogP contribution >= 0.6 is 11.3 Å². The zero-order valence-corrected chi connectivity index (χ0v) is 17.0. The predicted molar refractivity (Wildman–Crippen MR) is 111 cm³/mol. The number of rotatable bonds is 6. The van der Waals surface area contributed by atoms with Crippen molar-refractivity contribution in [1.29, 1.82) is 0 Å². The third kappa shape index (κ3) is 3.86. The molecule has 146 valence electrons. The largest absolute Gasteiger partial charge is 0.496 e. The fraction of sp³-hybridized carbons (Fsp3) is 0.381. The Morgan fingerprint density at radius 3 is 3.00 bits per heavy atom. The molecule has 3 heterocycles. The Hall–Kier alpha value is -2.51. The van der Waals surface area contributed by atoms with Crippen LogP contribution in [-0.4, -0.2) is 33.5 Å². The van der Waals surface area contributed by atoms with Gasteiger partial charge in [0.25, 0.3) is 5.56 Å². The summed E-state index contributed by atoms with van der Waals surface area (Å²) in [5, 5.41) is 0.952. The smallest absolute Gasteiger partial charge is 0.255 e. The Morgan fingerprint density at radius 1 is 1.32 bits per heavy atom. The minimum Gasteiger partial charge on any atom is -0.496 e.